The number of hydrogen-bond acceptors (Lipinski definition) is 4. The van der Waals surface area contributed by atoms with Crippen molar-refractivity contribution < 1.29 is 22.3 Å². The fraction of sp³-hybridized carbons (Fsp3) is 0.174. The highest BCUT2D eigenvalue weighted by Crippen LogP contribution is 2.26. The van der Waals surface area contributed by atoms with E-state index in [0.29, 0.717) is 15.9 Å². The normalized spacial score (nSPS) is 11.1. The molecule has 0 fully saturated rings. The molecule has 0 saturated heterocycles. The number of nitrogens with zero attached hydrogens (tertiary/aromatic N) is 1. The van der Waals surface area contributed by atoms with Crippen molar-refractivity contribution in [2.45, 2.75) is 11.8 Å². The lowest BCUT2D eigenvalue weighted by Crippen LogP contribution is -2.41. The largest absolute Gasteiger partial charge is 0.492 e. The molecular weight excluding hydrogens is 499 g/mol. The van der Waals surface area contributed by atoms with Crippen molar-refractivity contribution in [3.05, 3.63) is 88.6 Å². The number of carbonyl (C=O) groups is 1. The molecule has 3 aromatic carbocycles. The van der Waals surface area contributed by atoms with Gasteiger partial charge in [0, 0.05) is 4.47 Å². The number of sulfonamides is 1. The number of ether oxygens (including phenoxy) is 1. The van der Waals surface area contributed by atoms with Crippen LogP contribution in [0, 0.1) is 12.7 Å². The highest BCUT2D eigenvalue weighted by molar-refractivity contribution is 9.10. The second-order valence-corrected chi connectivity index (χ2v) is 9.73. The molecule has 0 radical (unpaired) electrons. The zero-order valence-corrected chi connectivity index (χ0v) is 19.7. The minimum Gasteiger partial charge on any atom is -0.492 e. The van der Waals surface area contributed by atoms with E-state index in [1.165, 1.54) is 36.4 Å². The number of halogens is 2. The first-order valence-electron chi connectivity index (χ1n) is 9.76. The third kappa shape index (κ3) is 6.30. The van der Waals surface area contributed by atoms with Gasteiger partial charge in [-0.15, -0.1) is 0 Å². The molecule has 3 rings (SSSR count). The maximum absolute atomic E-state index is 13.3. The molecule has 6 nitrogen and oxygen atoms in total. The van der Waals surface area contributed by atoms with Crippen molar-refractivity contribution in [1.29, 1.82) is 0 Å². The van der Waals surface area contributed by atoms with Crippen LogP contribution in [0.2, 0.25) is 0 Å². The van der Waals surface area contributed by atoms with Crippen LogP contribution in [0.15, 0.2) is 82.2 Å². The van der Waals surface area contributed by atoms with Gasteiger partial charge in [-0.25, -0.2) is 12.8 Å². The molecule has 0 aliphatic carbocycles. The Labute approximate surface area is 195 Å². The molecule has 1 N–H and O–H groups in total. The topological polar surface area (TPSA) is 75.7 Å². The smallest absolute Gasteiger partial charge is 0.264 e. The fourth-order valence-electron chi connectivity index (χ4n) is 2.86. The third-order valence-electron chi connectivity index (χ3n) is 4.50. The molecule has 0 heterocycles. The Morgan fingerprint density at radius 3 is 2.41 bits per heavy atom. The predicted octanol–water partition coefficient (Wildman–Crippen LogP) is 4.29. The van der Waals surface area contributed by atoms with Crippen LogP contribution in [-0.2, 0) is 14.8 Å². The van der Waals surface area contributed by atoms with Crippen molar-refractivity contribution in [3.8, 4) is 5.75 Å². The second kappa shape index (κ2) is 10.6. The summed E-state index contributed by atoms with van der Waals surface area (Å²) in [4.78, 5) is 12.7. The van der Waals surface area contributed by atoms with Crippen LogP contribution < -0.4 is 14.4 Å². The van der Waals surface area contributed by atoms with Gasteiger partial charge in [0.15, 0.2) is 0 Å². The predicted molar refractivity (Wildman–Crippen MR) is 125 cm³/mol. The highest BCUT2D eigenvalue weighted by atomic mass is 79.9. The van der Waals surface area contributed by atoms with E-state index >= 15 is 0 Å². The first-order chi connectivity index (χ1) is 15.3. The first kappa shape index (κ1) is 23.7. The third-order valence-corrected chi connectivity index (χ3v) is 6.78. The number of carbonyl (C=O) groups excluding carboxylic acids is 1. The number of anilines is 1. The molecule has 3 aromatic rings. The molecule has 0 aliphatic rings. The molecule has 0 aliphatic heterocycles. The molecule has 32 heavy (non-hydrogen) atoms. The average molecular weight is 521 g/mol. The van der Waals surface area contributed by atoms with Gasteiger partial charge in [0.05, 0.1) is 17.1 Å². The maximum atomic E-state index is 13.3. The van der Waals surface area contributed by atoms with Crippen LogP contribution in [0.25, 0.3) is 0 Å². The minimum absolute atomic E-state index is 0.0931. The maximum Gasteiger partial charge on any atom is 0.264 e. The van der Waals surface area contributed by atoms with E-state index in [9.17, 15) is 17.6 Å². The zero-order valence-electron chi connectivity index (χ0n) is 17.3. The van der Waals surface area contributed by atoms with Gasteiger partial charge in [-0.05, 0) is 61.5 Å². The first-order valence-corrected chi connectivity index (χ1v) is 12.0. The lowest BCUT2D eigenvalue weighted by atomic mass is 10.2. The number of amides is 1. The van der Waals surface area contributed by atoms with E-state index in [4.69, 9.17) is 4.74 Å². The van der Waals surface area contributed by atoms with E-state index in [-0.39, 0.29) is 23.9 Å². The quantitative estimate of drug-likeness (QED) is 0.427. The molecule has 9 heteroatoms. The molecule has 0 saturated carbocycles. The van der Waals surface area contributed by atoms with Crippen LogP contribution in [0.3, 0.4) is 0 Å². The van der Waals surface area contributed by atoms with Crippen molar-refractivity contribution in [2.75, 3.05) is 24.0 Å². The Balaban J connectivity index is 1.70. The summed E-state index contributed by atoms with van der Waals surface area (Å²) in [6.45, 7) is 1.78. The van der Waals surface area contributed by atoms with E-state index in [1.807, 2.05) is 6.92 Å². The second-order valence-electron chi connectivity index (χ2n) is 6.96. The van der Waals surface area contributed by atoms with Gasteiger partial charge in [0.25, 0.3) is 10.0 Å². The van der Waals surface area contributed by atoms with Crippen molar-refractivity contribution in [1.82, 2.24) is 5.32 Å². The van der Waals surface area contributed by atoms with Crippen LogP contribution in [0.5, 0.6) is 5.75 Å². The zero-order chi connectivity index (χ0) is 23.1. The van der Waals surface area contributed by atoms with Gasteiger partial charge in [-0.1, -0.05) is 39.7 Å². The van der Waals surface area contributed by atoms with Gasteiger partial charge < -0.3 is 10.1 Å². The summed E-state index contributed by atoms with van der Waals surface area (Å²) in [5, 5.41) is 2.66. The van der Waals surface area contributed by atoms with Crippen molar-refractivity contribution >= 4 is 37.5 Å². The summed E-state index contributed by atoms with van der Waals surface area (Å²) >= 11 is 3.35. The summed E-state index contributed by atoms with van der Waals surface area (Å²) in [5.74, 6) is -0.380. The molecule has 0 bridgehead atoms. The number of rotatable bonds is 9. The fourth-order valence-corrected chi connectivity index (χ4v) is 4.66. The number of benzene rings is 3. The summed E-state index contributed by atoms with van der Waals surface area (Å²) in [5.41, 5.74) is 1.29. The Hall–Kier alpha value is -2.91. The Morgan fingerprint density at radius 1 is 1.06 bits per heavy atom. The summed E-state index contributed by atoms with van der Waals surface area (Å²) in [6, 6.07) is 18.7. The Kier molecular flexibility index (Phi) is 7.87. The number of aryl methyl sites for hydroxylation is 1. The molecule has 0 aromatic heterocycles. The minimum atomic E-state index is -3.98. The van der Waals surface area contributed by atoms with E-state index in [2.05, 4.69) is 21.2 Å². The van der Waals surface area contributed by atoms with Gasteiger partial charge in [0.1, 0.15) is 24.7 Å². The van der Waals surface area contributed by atoms with Crippen LogP contribution >= 0.6 is 15.9 Å². The molecule has 168 valence electrons. The monoisotopic (exact) mass is 520 g/mol. The van der Waals surface area contributed by atoms with E-state index in [0.717, 1.165) is 9.87 Å². The van der Waals surface area contributed by atoms with E-state index < -0.39 is 22.5 Å². The number of nitrogens with one attached hydrogen (secondary N) is 1. The summed E-state index contributed by atoms with van der Waals surface area (Å²) in [6.07, 6.45) is 0. The van der Waals surface area contributed by atoms with Crippen LogP contribution in [0.1, 0.15) is 5.56 Å². The highest BCUT2D eigenvalue weighted by Gasteiger charge is 2.27. The lowest BCUT2D eigenvalue weighted by molar-refractivity contribution is -0.119. The van der Waals surface area contributed by atoms with Crippen molar-refractivity contribution in [3.63, 3.8) is 0 Å². The molecule has 0 spiro atoms. The number of hydrogen-bond donors (Lipinski definition) is 1. The molecular formula is C23H22BrFN2O4S. The molecule has 1 amide bonds. The summed E-state index contributed by atoms with van der Waals surface area (Å²) < 4.78 is 46.8. The van der Waals surface area contributed by atoms with Crippen molar-refractivity contribution in [2.24, 2.45) is 0 Å². The van der Waals surface area contributed by atoms with Gasteiger partial charge >= 0.3 is 0 Å². The Bertz CT molecular complexity index is 1170. The van der Waals surface area contributed by atoms with Gasteiger partial charge in [-0.2, -0.15) is 0 Å². The van der Waals surface area contributed by atoms with E-state index in [1.54, 1.807) is 36.4 Å². The molecule has 0 atom stereocenters. The SMILES string of the molecule is Cc1ccc(S(=O)(=O)N(CC(=O)NCCOc2ccc(F)cc2)c2cccc(Br)c2)cc1. The molecule has 0 unspecified atom stereocenters. The van der Waals surface area contributed by atoms with Gasteiger partial charge in [0.2, 0.25) is 5.91 Å². The Morgan fingerprint density at radius 2 is 1.75 bits per heavy atom. The standard InChI is InChI=1S/C23H22BrFN2O4S/c1-17-5-11-22(12-6-17)32(29,30)27(20-4-2-3-18(24)15-20)16-23(28)26-13-14-31-21-9-7-19(25)8-10-21/h2-12,15H,13-14,16H2,1H3,(H,26,28). The average Bonchev–Trinajstić information content (AvgIpc) is 2.76. The lowest BCUT2D eigenvalue weighted by Gasteiger charge is -2.24. The van der Waals surface area contributed by atoms with Crippen LogP contribution in [-0.4, -0.2) is 34.0 Å². The van der Waals surface area contributed by atoms with Crippen LogP contribution in [0.4, 0.5) is 10.1 Å². The summed E-state index contributed by atoms with van der Waals surface area (Å²) in [7, 11) is -3.98. The van der Waals surface area contributed by atoms with Gasteiger partial charge in [-0.3, -0.25) is 9.10 Å².